The van der Waals surface area contributed by atoms with Gasteiger partial charge in [0.2, 0.25) is 0 Å². The number of benzene rings is 1. The number of aliphatic hydroxyl groups is 1. The molecule has 0 radical (unpaired) electrons. The van der Waals surface area contributed by atoms with Crippen molar-refractivity contribution >= 4 is 0 Å². The number of hydrogen-bond acceptors (Lipinski definition) is 6. The molecule has 0 saturated carbocycles. The first kappa shape index (κ1) is 14.7. The van der Waals surface area contributed by atoms with Crippen molar-refractivity contribution in [1.29, 1.82) is 0 Å². The first-order chi connectivity index (χ1) is 10.2. The third-order valence-corrected chi connectivity index (χ3v) is 4.04. The molecular weight excluding hydrogens is 276 g/mol. The summed E-state index contributed by atoms with van der Waals surface area (Å²) in [6.07, 6.45) is -1.14. The average Bonchev–Trinajstić information content (AvgIpc) is 3.05. The average molecular weight is 296 g/mol. The maximum absolute atomic E-state index is 9.64. The molecule has 4 atom stereocenters. The van der Waals surface area contributed by atoms with Crippen LogP contribution in [-0.2, 0) is 25.6 Å². The van der Waals surface area contributed by atoms with Crippen molar-refractivity contribution in [3.05, 3.63) is 29.8 Å². The zero-order chi connectivity index (χ0) is 14.9. The van der Waals surface area contributed by atoms with Gasteiger partial charge in [0, 0.05) is 7.11 Å². The molecule has 0 amide bonds. The summed E-state index contributed by atoms with van der Waals surface area (Å²) in [5.74, 6) is 0.803. The molecule has 1 unspecified atom stereocenters. The van der Waals surface area contributed by atoms with Crippen LogP contribution in [0.4, 0.5) is 0 Å². The molecule has 2 heterocycles. The lowest BCUT2D eigenvalue weighted by molar-refractivity contribution is -0.242. The number of ether oxygens (including phenoxy) is 5. The Hall–Kier alpha value is -1.18. The van der Waals surface area contributed by atoms with Gasteiger partial charge in [-0.15, -0.1) is 0 Å². The van der Waals surface area contributed by atoms with E-state index >= 15 is 0 Å². The molecule has 2 saturated heterocycles. The molecule has 0 aromatic heterocycles. The van der Waals surface area contributed by atoms with Crippen molar-refractivity contribution in [2.24, 2.45) is 0 Å². The molecule has 1 N–H and O–H groups in total. The van der Waals surface area contributed by atoms with E-state index in [-0.39, 0.29) is 18.8 Å². The van der Waals surface area contributed by atoms with E-state index in [1.54, 1.807) is 14.2 Å². The Morgan fingerprint density at radius 2 is 2.05 bits per heavy atom. The van der Waals surface area contributed by atoms with Gasteiger partial charge in [-0.05, 0) is 17.7 Å². The van der Waals surface area contributed by atoms with Gasteiger partial charge in [0.25, 0.3) is 0 Å². The van der Waals surface area contributed by atoms with Crippen LogP contribution in [0, 0.1) is 0 Å². The number of fused-ring (bicyclic) bond motifs is 2. The van der Waals surface area contributed by atoms with E-state index in [9.17, 15) is 5.11 Å². The Morgan fingerprint density at radius 1 is 1.29 bits per heavy atom. The van der Waals surface area contributed by atoms with Crippen molar-refractivity contribution < 1.29 is 28.8 Å². The van der Waals surface area contributed by atoms with Gasteiger partial charge in [-0.1, -0.05) is 12.1 Å². The molecule has 1 aromatic carbocycles. The minimum Gasteiger partial charge on any atom is -0.497 e. The summed E-state index contributed by atoms with van der Waals surface area (Å²) < 4.78 is 27.7. The van der Waals surface area contributed by atoms with Gasteiger partial charge in [-0.3, -0.25) is 0 Å². The predicted molar refractivity (Wildman–Crippen MR) is 73.0 cm³/mol. The van der Waals surface area contributed by atoms with E-state index in [2.05, 4.69) is 0 Å². The minimum absolute atomic E-state index is 0.156. The van der Waals surface area contributed by atoms with Crippen LogP contribution in [0.2, 0.25) is 0 Å². The molecule has 0 aliphatic carbocycles. The van der Waals surface area contributed by atoms with E-state index < -0.39 is 11.9 Å². The van der Waals surface area contributed by atoms with Crippen LogP contribution in [0.1, 0.15) is 5.56 Å². The first-order valence-electron chi connectivity index (χ1n) is 6.90. The van der Waals surface area contributed by atoms with Crippen LogP contribution in [0.15, 0.2) is 24.3 Å². The second kappa shape index (κ2) is 5.90. The van der Waals surface area contributed by atoms with Gasteiger partial charge >= 0.3 is 0 Å². The molecule has 2 aliphatic heterocycles. The Bertz CT molecular complexity index is 476. The van der Waals surface area contributed by atoms with Crippen LogP contribution in [0.3, 0.4) is 0 Å². The molecule has 2 aliphatic rings. The Kier molecular flexibility index (Phi) is 4.14. The predicted octanol–water partition coefficient (Wildman–Crippen LogP) is 0.713. The van der Waals surface area contributed by atoms with Crippen LogP contribution >= 0.6 is 0 Å². The minimum atomic E-state index is -0.822. The highest BCUT2D eigenvalue weighted by Gasteiger charge is 2.62. The highest BCUT2D eigenvalue weighted by Crippen LogP contribution is 2.42. The third kappa shape index (κ3) is 2.54. The van der Waals surface area contributed by atoms with Crippen molar-refractivity contribution in [1.82, 2.24) is 0 Å². The van der Waals surface area contributed by atoms with Gasteiger partial charge in [0.15, 0.2) is 6.29 Å². The first-order valence-corrected chi connectivity index (χ1v) is 6.90. The topological polar surface area (TPSA) is 66.4 Å². The van der Waals surface area contributed by atoms with Crippen molar-refractivity contribution in [3.8, 4) is 5.75 Å². The fourth-order valence-corrected chi connectivity index (χ4v) is 2.84. The van der Waals surface area contributed by atoms with Crippen molar-refractivity contribution in [3.63, 3.8) is 0 Å². The van der Waals surface area contributed by atoms with Gasteiger partial charge < -0.3 is 28.8 Å². The molecule has 21 heavy (non-hydrogen) atoms. The fourth-order valence-electron chi connectivity index (χ4n) is 2.84. The van der Waals surface area contributed by atoms with E-state index in [1.165, 1.54) is 0 Å². The summed E-state index contributed by atoms with van der Waals surface area (Å²) in [7, 11) is 3.19. The Morgan fingerprint density at radius 3 is 2.67 bits per heavy atom. The lowest BCUT2D eigenvalue weighted by Crippen LogP contribution is -2.45. The van der Waals surface area contributed by atoms with Crippen LogP contribution in [0.5, 0.6) is 5.75 Å². The number of hydrogen-bond donors (Lipinski definition) is 1. The van der Waals surface area contributed by atoms with Gasteiger partial charge in [0.1, 0.15) is 23.6 Å². The number of rotatable bonds is 6. The normalized spacial score (nSPS) is 34.3. The van der Waals surface area contributed by atoms with Crippen molar-refractivity contribution in [2.45, 2.75) is 30.7 Å². The van der Waals surface area contributed by atoms with Crippen LogP contribution < -0.4 is 4.74 Å². The number of methoxy groups -OCH3 is 2. The quantitative estimate of drug-likeness (QED) is 0.834. The second-order valence-corrected chi connectivity index (χ2v) is 5.30. The largest absolute Gasteiger partial charge is 0.497 e. The Balaban J connectivity index is 1.66. The molecule has 3 rings (SSSR count). The van der Waals surface area contributed by atoms with Gasteiger partial charge in [-0.25, -0.2) is 0 Å². The van der Waals surface area contributed by atoms with E-state index in [0.29, 0.717) is 13.2 Å². The van der Waals surface area contributed by atoms with Gasteiger partial charge in [-0.2, -0.15) is 0 Å². The maximum Gasteiger partial charge on any atom is 0.187 e. The molecule has 0 spiro atoms. The molecule has 2 fully saturated rings. The van der Waals surface area contributed by atoms with E-state index in [4.69, 9.17) is 23.7 Å². The summed E-state index contributed by atoms with van der Waals surface area (Å²) in [6, 6.07) is 7.65. The summed E-state index contributed by atoms with van der Waals surface area (Å²) >= 11 is 0. The van der Waals surface area contributed by atoms with E-state index in [1.807, 2.05) is 24.3 Å². The van der Waals surface area contributed by atoms with Gasteiger partial charge in [0.05, 0.1) is 26.9 Å². The third-order valence-electron chi connectivity index (χ3n) is 4.04. The summed E-state index contributed by atoms with van der Waals surface area (Å²) in [5, 5.41) is 9.64. The van der Waals surface area contributed by atoms with Crippen molar-refractivity contribution in [2.75, 3.05) is 27.4 Å². The van der Waals surface area contributed by atoms with Crippen LogP contribution in [-0.4, -0.2) is 56.6 Å². The lowest BCUT2D eigenvalue weighted by atomic mass is 10.0. The smallest absolute Gasteiger partial charge is 0.187 e. The highest BCUT2D eigenvalue weighted by atomic mass is 16.8. The lowest BCUT2D eigenvalue weighted by Gasteiger charge is -2.28. The molecule has 116 valence electrons. The Labute approximate surface area is 123 Å². The fraction of sp³-hybridized carbons (Fsp3) is 0.600. The summed E-state index contributed by atoms with van der Waals surface area (Å²) in [4.78, 5) is 0. The molecular formula is C15H20O6. The molecule has 2 bridgehead atoms. The molecule has 6 heteroatoms. The van der Waals surface area contributed by atoms with E-state index in [0.717, 1.165) is 11.3 Å². The number of aliphatic hydroxyl groups excluding tert-OH is 1. The highest BCUT2D eigenvalue weighted by molar-refractivity contribution is 5.26. The molecule has 6 nitrogen and oxygen atoms in total. The zero-order valence-electron chi connectivity index (χ0n) is 12.2. The summed E-state index contributed by atoms with van der Waals surface area (Å²) in [5.41, 5.74) is 0.196. The standard InChI is InChI=1S/C15H20O6/c1-17-11-5-3-10(4-6-11)7-19-13-12-14(18-2)21-15(13,8-16)9-20-12/h3-6,12-14,16H,7-9H2,1-2H3/t12-,13+,14?,15+/m1/s1. The summed E-state index contributed by atoms with van der Waals surface area (Å²) in [6.45, 7) is 0.577. The monoisotopic (exact) mass is 296 g/mol. The second-order valence-electron chi connectivity index (χ2n) is 5.30. The maximum atomic E-state index is 9.64. The zero-order valence-corrected chi connectivity index (χ0v) is 12.2. The SMILES string of the molecule is COc1ccc(CO[C@H]2[C@H]3OC[C@]2(CO)OC3OC)cc1. The molecule has 1 aromatic rings. The van der Waals surface area contributed by atoms with Crippen LogP contribution in [0.25, 0.3) is 0 Å².